The maximum atomic E-state index is 9.53. The van der Waals surface area contributed by atoms with Crippen molar-refractivity contribution >= 4 is 18.0 Å². The summed E-state index contributed by atoms with van der Waals surface area (Å²) in [5, 5.41) is 9.53. The zero-order chi connectivity index (χ0) is 15.9. The predicted molar refractivity (Wildman–Crippen MR) is 91.5 cm³/mol. The Bertz CT molecular complexity index is 807. The van der Waals surface area contributed by atoms with Crippen LogP contribution in [-0.2, 0) is 6.61 Å². The third kappa shape index (κ3) is 3.81. The van der Waals surface area contributed by atoms with E-state index in [-0.39, 0.29) is 6.61 Å². The number of benzene rings is 2. The number of nitrogens with zero attached hydrogens (tertiary/aromatic N) is 2. The molecule has 0 aliphatic rings. The summed E-state index contributed by atoms with van der Waals surface area (Å²) in [6.45, 7) is -0.0841. The number of rotatable bonds is 5. The molecule has 0 bridgehead atoms. The molecule has 0 saturated heterocycles. The second-order valence-corrected chi connectivity index (χ2v) is 4.91. The fourth-order valence-electron chi connectivity index (χ4n) is 2.23. The highest BCUT2D eigenvalue weighted by Gasteiger charge is 2.08. The van der Waals surface area contributed by atoms with Crippen molar-refractivity contribution < 1.29 is 9.52 Å². The minimum Gasteiger partial charge on any atom is -0.444 e. The van der Waals surface area contributed by atoms with Crippen molar-refractivity contribution in [2.75, 3.05) is 0 Å². The molecule has 0 amide bonds. The molecule has 23 heavy (non-hydrogen) atoms. The first-order valence-electron chi connectivity index (χ1n) is 7.25. The summed E-state index contributed by atoms with van der Waals surface area (Å²) in [7, 11) is 0. The molecule has 114 valence electrons. The first-order chi connectivity index (χ1) is 11.4. The Morgan fingerprint density at radius 1 is 1.13 bits per heavy atom. The molecule has 2 aromatic carbocycles. The number of hydrogen-bond donors (Lipinski definition) is 1. The molecule has 4 heteroatoms. The van der Waals surface area contributed by atoms with E-state index < -0.39 is 0 Å². The number of aliphatic hydroxyl groups excluding tert-OH is 1. The van der Waals surface area contributed by atoms with E-state index in [1.54, 1.807) is 12.4 Å². The zero-order valence-electron chi connectivity index (χ0n) is 12.5. The van der Waals surface area contributed by atoms with E-state index >= 15 is 0 Å². The molecule has 0 fully saturated rings. The van der Waals surface area contributed by atoms with Crippen LogP contribution < -0.4 is 0 Å². The number of allylic oxidation sites excluding steroid dienone is 1. The normalized spacial score (nSPS) is 11.5. The van der Waals surface area contributed by atoms with E-state index in [4.69, 9.17) is 4.42 Å². The maximum absolute atomic E-state index is 9.53. The second-order valence-electron chi connectivity index (χ2n) is 4.91. The van der Waals surface area contributed by atoms with E-state index in [1.165, 1.54) is 6.39 Å². The fraction of sp³-hybridized carbons (Fsp3) is 0.0526. The quantitative estimate of drug-likeness (QED) is 0.717. The van der Waals surface area contributed by atoms with Crippen molar-refractivity contribution in [1.82, 2.24) is 4.98 Å². The monoisotopic (exact) mass is 304 g/mol. The summed E-state index contributed by atoms with van der Waals surface area (Å²) in [5.41, 5.74) is 3.47. The van der Waals surface area contributed by atoms with Gasteiger partial charge in [0.1, 0.15) is 0 Å². The zero-order valence-corrected chi connectivity index (χ0v) is 12.5. The smallest absolute Gasteiger partial charge is 0.181 e. The summed E-state index contributed by atoms with van der Waals surface area (Å²) in [6, 6.07) is 15.6. The third-order valence-corrected chi connectivity index (χ3v) is 3.35. The van der Waals surface area contributed by atoms with Gasteiger partial charge in [-0.25, -0.2) is 4.98 Å². The lowest BCUT2D eigenvalue weighted by molar-refractivity contribution is 0.282. The highest BCUT2D eigenvalue weighted by molar-refractivity contribution is 5.80. The molecule has 0 aliphatic heterocycles. The van der Waals surface area contributed by atoms with Crippen LogP contribution in [0.2, 0.25) is 0 Å². The van der Waals surface area contributed by atoms with Crippen LogP contribution in [0.1, 0.15) is 11.1 Å². The van der Waals surface area contributed by atoms with Gasteiger partial charge in [0, 0.05) is 11.8 Å². The average molecular weight is 304 g/mol. The first-order valence-corrected chi connectivity index (χ1v) is 7.25. The van der Waals surface area contributed by atoms with Crippen molar-refractivity contribution in [3.8, 4) is 11.3 Å². The van der Waals surface area contributed by atoms with E-state index in [9.17, 15) is 5.11 Å². The summed E-state index contributed by atoms with van der Waals surface area (Å²) < 4.78 is 5.28. The molecule has 0 aliphatic carbocycles. The van der Waals surface area contributed by atoms with Crippen LogP contribution >= 0.6 is 0 Å². The summed E-state index contributed by atoms with van der Waals surface area (Å²) in [4.78, 5) is 8.28. The lowest BCUT2D eigenvalue weighted by Crippen LogP contribution is -1.88. The molecule has 1 N–H and O–H groups in total. The molecule has 0 unspecified atom stereocenters. The Balaban J connectivity index is 1.76. The van der Waals surface area contributed by atoms with Crippen LogP contribution in [0.25, 0.3) is 17.4 Å². The van der Waals surface area contributed by atoms with Gasteiger partial charge in [0.2, 0.25) is 0 Å². The Hall–Kier alpha value is -2.98. The van der Waals surface area contributed by atoms with Gasteiger partial charge in [0.15, 0.2) is 12.2 Å². The molecule has 0 saturated carbocycles. The van der Waals surface area contributed by atoms with Crippen molar-refractivity contribution in [1.29, 1.82) is 0 Å². The van der Waals surface area contributed by atoms with Crippen LogP contribution in [0.5, 0.6) is 0 Å². The Kier molecular flexibility index (Phi) is 4.76. The topological polar surface area (TPSA) is 58.6 Å². The van der Waals surface area contributed by atoms with Gasteiger partial charge in [0.05, 0.1) is 18.5 Å². The lowest BCUT2D eigenvalue weighted by atomic mass is 10.1. The number of aliphatic imine (C=N–C) groups is 1. The minimum absolute atomic E-state index is 0.0841. The van der Waals surface area contributed by atoms with Gasteiger partial charge in [-0.2, -0.15) is 0 Å². The van der Waals surface area contributed by atoms with Gasteiger partial charge >= 0.3 is 0 Å². The number of oxazole rings is 1. The Labute approximate surface area is 134 Å². The molecular formula is C19H16N2O2. The molecule has 3 aromatic rings. The largest absolute Gasteiger partial charge is 0.444 e. The van der Waals surface area contributed by atoms with Gasteiger partial charge < -0.3 is 9.52 Å². The van der Waals surface area contributed by atoms with E-state index in [2.05, 4.69) is 9.98 Å². The van der Waals surface area contributed by atoms with Gasteiger partial charge in [0.25, 0.3) is 0 Å². The van der Waals surface area contributed by atoms with Gasteiger partial charge in [-0.1, -0.05) is 36.4 Å². The van der Waals surface area contributed by atoms with Crippen molar-refractivity contribution in [2.24, 2.45) is 4.99 Å². The van der Waals surface area contributed by atoms with Gasteiger partial charge in [-0.15, -0.1) is 0 Å². The first kappa shape index (κ1) is 14.9. The Morgan fingerprint density at radius 2 is 2.00 bits per heavy atom. The summed E-state index contributed by atoms with van der Waals surface area (Å²) in [6.07, 6.45) is 8.60. The molecule has 4 nitrogen and oxygen atoms in total. The van der Waals surface area contributed by atoms with Crippen LogP contribution in [-0.4, -0.2) is 16.3 Å². The molecule has 1 heterocycles. The summed E-state index contributed by atoms with van der Waals surface area (Å²) in [5.74, 6) is 0.633. The van der Waals surface area contributed by atoms with Crippen LogP contribution in [0, 0.1) is 0 Å². The molecule has 0 atom stereocenters. The van der Waals surface area contributed by atoms with Crippen LogP contribution in [0.3, 0.4) is 0 Å². The Morgan fingerprint density at radius 3 is 2.74 bits per heavy atom. The lowest BCUT2D eigenvalue weighted by Gasteiger charge is -2.05. The van der Waals surface area contributed by atoms with Gasteiger partial charge in [-0.3, -0.25) is 4.99 Å². The van der Waals surface area contributed by atoms with E-state index in [0.29, 0.717) is 5.76 Å². The van der Waals surface area contributed by atoms with Gasteiger partial charge in [-0.05, 0) is 35.4 Å². The van der Waals surface area contributed by atoms with E-state index in [1.807, 2.05) is 60.7 Å². The predicted octanol–water partition coefficient (Wildman–Crippen LogP) is 4.25. The molecule has 3 rings (SSSR count). The van der Waals surface area contributed by atoms with E-state index in [0.717, 1.165) is 22.4 Å². The number of aliphatic hydroxyl groups is 1. The minimum atomic E-state index is -0.0841. The van der Waals surface area contributed by atoms with Crippen molar-refractivity contribution in [3.05, 3.63) is 78.3 Å². The number of hydrogen-bond acceptors (Lipinski definition) is 4. The highest BCUT2D eigenvalue weighted by atomic mass is 16.3. The molecule has 0 spiro atoms. The summed E-state index contributed by atoms with van der Waals surface area (Å²) >= 11 is 0. The number of aromatic nitrogens is 1. The second kappa shape index (κ2) is 7.33. The fourth-order valence-corrected chi connectivity index (χ4v) is 2.23. The maximum Gasteiger partial charge on any atom is 0.181 e. The molecule has 1 aromatic heterocycles. The average Bonchev–Trinajstić information content (AvgIpc) is 3.14. The standard InChI is InChI=1S/C19H16N2O2/c22-13-16-11-17(8-9-18(16)19-12-20-14-23-19)21-10-4-7-15-5-2-1-3-6-15/h1-12,14,22H,13H2/b7-4+,21-10+. The SMILES string of the molecule is OCc1cc(/N=C/C=C/c2ccccc2)ccc1-c1cnco1. The third-order valence-electron chi connectivity index (χ3n) is 3.35. The van der Waals surface area contributed by atoms with Crippen LogP contribution in [0.4, 0.5) is 5.69 Å². The van der Waals surface area contributed by atoms with Crippen molar-refractivity contribution in [2.45, 2.75) is 6.61 Å². The van der Waals surface area contributed by atoms with Crippen molar-refractivity contribution in [3.63, 3.8) is 0 Å². The highest BCUT2D eigenvalue weighted by Crippen LogP contribution is 2.27. The van der Waals surface area contributed by atoms with Crippen LogP contribution in [0.15, 0.2) is 76.6 Å². The molecular weight excluding hydrogens is 288 g/mol. The molecule has 0 radical (unpaired) electrons.